The number of hydrogen-bond donors (Lipinski definition) is 2. The molecule has 2 aromatic carbocycles. The van der Waals surface area contributed by atoms with Crippen LogP contribution in [0, 0.1) is 13.8 Å². The van der Waals surface area contributed by atoms with Gasteiger partial charge in [-0.2, -0.15) is 0 Å². The summed E-state index contributed by atoms with van der Waals surface area (Å²) in [6.45, 7) is 6.82. The predicted octanol–water partition coefficient (Wildman–Crippen LogP) is 5.22. The molecule has 4 aromatic rings. The first kappa shape index (κ1) is 32.1. The van der Waals surface area contributed by atoms with Gasteiger partial charge in [0, 0.05) is 29.4 Å². The van der Waals surface area contributed by atoms with Gasteiger partial charge < -0.3 is 19.8 Å². The second kappa shape index (κ2) is 12.4. The number of piperidine rings is 1. The molecule has 0 radical (unpaired) electrons. The highest BCUT2D eigenvalue weighted by Gasteiger charge is 2.36. The summed E-state index contributed by atoms with van der Waals surface area (Å²) in [5.74, 6) is -0.114. The normalized spacial score (nSPS) is 19.9. The highest BCUT2D eigenvalue weighted by Crippen LogP contribution is 2.32. The Morgan fingerprint density at radius 1 is 1.07 bits per heavy atom. The van der Waals surface area contributed by atoms with E-state index in [1.54, 1.807) is 33.7 Å². The van der Waals surface area contributed by atoms with E-state index >= 15 is 0 Å². The third-order valence-corrected chi connectivity index (χ3v) is 9.60. The van der Waals surface area contributed by atoms with Crippen LogP contribution in [-0.2, 0) is 11.3 Å². The predicted molar refractivity (Wildman–Crippen MR) is 174 cm³/mol. The van der Waals surface area contributed by atoms with E-state index in [9.17, 15) is 24.6 Å². The molecule has 2 fully saturated rings. The van der Waals surface area contributed by atoms with E-state index < -0.39 is 17.7 Å². The molecular weight excluding hydrogens is 633 g/mol. The minimum Gasteiger partial charge on any atom is -0.465 e. The number of aliphatic hydroxyl groups is 1. The van der Waals surface area contributed by atoms with E-state index in [4.69, 9.17) is 27.9 Å². The summed E-state index contributed by atoms with van der Waals surface area (Å²) < 4.78 is 8.83. The fourth-order valence-electron chi connectivity index (χ4n) is 6.53. The number of aryl methyl sites for hydroxylation is 2. The van der Waals surface area contributed by atoms with Gasteiger partial charge in [0.15, 0.2) is 5.65 Å². The summed E-state index contributed by atoms with van der Waals surface area (Å²) in [5, 5.41) is 22.4. The maximum atomic E-state index is 13.6. The molecule has 2 aliphatic heterocycles. The third-order valence-electron chi connectivity index (χ3n) is 9.09. The van der Waals surface area contributed by atoms with Crippen LogP contribution >= 0.6 is 23.2 Å². The molecule has 242 valence electrons. The Labute approximate surface area is 275 Å². The van der Waals surface area contributed by atoms with E-state index in [-0.39, 0.29) is 42.4 Å². The highest BCUT2D eigenvalue weighted by molar-refractivity contribution is 6.31. The fraction of sp³-hybridized carbons (Fsp3) is 0.394. The number of amides is 2. The molecule has 46 heavy (non-hydrogen) atoms. The Balaban J connectivity index is 1.21. The van der Waals surface area contributed by atoms with Crippen molar-refractivity contribution in [1.82, 2.24) is 23.9 Å². The Morgan fingerprint density at radius 3 is 2.48 bits per heavy atom. The van der Waals surface area contributed by atoms with Gasteiger partial charge in [0.05, 0.1) is 42.8 Å². The van der Waals surface area contributed by atoms with Crippen LogP contribution in [0.5, 0.6) is 0 Å². The molecule has 0 spiro atoms. The fourth-order valence-corrected chi connectivity index (χ4v) is 7.04. The number of nitrogens with zero attached hydrogens (tertiary/aromatic N) is 5. The lowest BCUT2D eigenvalue weighted by Crippen LogP contribution is -2.49. The summed E-state index contributed by atoms with van der Waals surface area (Å²) in [7, 11) is 0. The van der Waals surface area contributed by atoms with Gasteiger partial charge in [-0.1, -0.05) is 29.3 Å². The zero-order valence-corrected chi connectivity index (χ0v) is 27.3. The van der Waals surface area contributed by atoms with Gasteiger partial charge in [0.1, 0.15) is 11.5 Å². The van der Waals surface area contributed by atoms with Gasteiger partial charge in [0.25, 0.3) is 11.5 Å². The van der Waals surface area contributed by atoms with Gasteiger partial charge in [-0.05, 0) is 86.7 Å². The minimum absolute atomic E-state index is 0.0233. The molecule has 0 saturated carbocycles. The van der Waals surface area contributed by atoms with Crippen molar-refractivity contribution in [2.24, 2.45) is 0 Å². The molecule has 2 N–H and O–H groups in total. The average Bonchev–Trinajstić information content (AvgIpc) is 3.35. The highest BCUT2D eigenvalue weighted by atomic mass is 35.5. The first-order chi connectivity index (χ1) is 21.8. The number of ether oxygens (including phenoxy) is 1. The summed E-state index contributed by atoms with van der Waals surface area (Å²) in [6, 6.07) is 11.8. The van der Waals surface area contributed by atoms with Gasteiger partial charge in [-0.15, -0.1) is 0 Å². The number of halogens is 2. The van der Waals surface area contributed by atoms with E-state index in [1.165, 1.54) is 15.8 Å². The number of likely N-dealkylation sites (tertiary alicyclic amines) is 1. The van der Waals surface area contributed by atoms with E-state index in [2.05, 4.69) is 4.98 Å². The Bertz CT molecular complexity index is 1900. The third kappa shape index (κ3) is 6.00. The van der Waals surface area contributed by atoms with Crippen LogP contribution < -0.4 is 5.56 Å². The van der Waals surface area contributed by atoms with E-state index in [0.717, 1.165) is 16.7 Å². The van der Waals surface area contributed by atoms with Crippen LogP contribution in [0.2, 0.25) is 10.2 Å². The number of aromatic nitrogens is 3. The lowest BCUT2D eigenvalue weighted by atomic mass is 9.90. The van der Waals surface area contributed by atoms with Crippen molar-refractivity contribution in [3.8, 4) is 5.69 Å². The second-order valence-electron chi connectivity index (χ2n) is 12.3. The molecule has 2 saturated heterocycles. The van der Waals surface area contributed by atoms with Crippen LogP contribution in [0.4, 0.5) is 4.79 Å². The molecule has 0 bridgehead atoms. The minimum atomic E-state index is -1.20. The first-order valence-corrected chi connectivity index (χ1v) is 15.9. The molecule has 2 amide bonds. The molecule has 2 atom stereocenters. The summed E-state index contributed by atoms with van der Waals surface area (Å²) in [6.07, 6.45) is 0.826. The largest absolute Gasteiger partial charge is 0.465 e. The Hall–Kier alpha value is -3.90. The lowest BCUT2D eigenvalue weighted by Gasteiger charge is -2.38. The Kier molecular flexibility index (Phi) is 8.62. The van der Waals surface area contributed by atoms with E-state index in [0.29, 0.717) is 53.2 Å². The lowest BCUT2D eigenvalue weighted by molar-refractivity contribution is -0.0466. The molecule has 6 rings (SSSR count). The number of carbonyl (C=O) groups excluding carboxylic acids is 1. The van der Waals surface area contributed by atoms with Crippen molar-refractivity contribution >= 4 is 46.2 Å². The number of benzene rings is 2. The van der Waals surface area contributed by atoms with Gasteiger partial charge >= 0.3 is 6.09 Å². The van der Waals surface area contributed by atoms with Crippen molar-refractivity contribution in [3.63, 3.8) is 0 Å². The van der Waals surface area contributed by atoms with Gasteiger partial charge in [-0.3, -0.25) is 23.6 Å². The summed E-state index contributed by atoms with van der Waals surface area (Å²) >= 11 is 12.7. The molecule has 11 nitrogen and oxygen atoms in total. The second-order valence-corrected chi connectivity index (χ2v) is 13.2. The number of carboxylic acid groups (broad SMARTS) is 1. The van der Waals surface area contributed by atoms with E-state index in [1.807, 2.05) is 39.0 Å². The number of rotatable bonds is 5. The number of hydrogen-bond acceptors (Lipinski definition) is 6. The zero-order chi connectivity index (χ0) is 32.9. The molecule has 13 heteroatoms. The first-order valence-electron chi connectivity index (χ1n) is 15.1. The number of morpholine rings is 1. The molecule has 4 heterocycles. The maximum Gasteiger partial charge on any atom is 0.407 e. The van der Waals surface area contributed by atoms with Crippen molar-refractivity contribution in [2.75, 3.05) is 26.2 Å². The quantitative estimate of drug-likeness (QED) is 0.299. The van der Waals surface area contributed by atoms with Crippen molar-refractivity contribution in [2.45, 2.75) is 57.9 Å². The standard InChI is InChI=1S/C33H35Cl2N5O6/c1-19-12-22(34)4-6-25(19)30(41)37-10-8-33(45,9-11-37)17-38-18-36-29-26(31(38)42)14-28(35)40(29)23-5-7-24(20(2)13-23)27-16-46-21(3)15-39(27)32(43)44/h4-7,12-14,18,21,27,45H,8-11,15-17H2,1-3H3,(H,43,44)/t21-,27-/m1/s1. The van der Waals surface area contributed by atoms with Crippen molar-refractivity contribution in [3.05, 3.63) is 91.6 Å². The topological polar surface area (TPSA) is 130 Å². The van der Waals surface area contributed by atoms with Crippen LogP contribution in [0.3, 0.4) is 0 Å². The van der Waals surface area contributed by atoms with Crippen LogP contribution in [0.25, 0.3) is 16.7 Å². The molecule has 2 aliphatic rings. The van der Waals surface area contributed by atoms with Crippen molar-refractivity contribution in [1.29, 1.82) is 0 Å². The SMILES string of the molecule is Cc1cc(Cl)ccc1C(=O)N1CCC(O)(Cn2cnc3c(cc(Cl)n3-c3ccc([C@H]4CO[C@H](C)CN4C(=O)O)c(C)c3)c2=O)CC1. The van der Waals surface area contributed by atoms with Crippen molar-refractivity contribution < 1.29 is 24.5 Å². The average molecular weight is 669 g/mol. The summed E-state index contributed by atoms with van der Waals surface area (Å²) in [4.78, 5) is 46.3. The zero-order valence-electron chi connectivity index (χ0n) is 25.7. The van der Waals surface area contributed by atoms with Crippen LogP contribution in [0.15, 0.2) is 53.6 Å². The maximum absolute atomic E-state index is 13.6. The van der Waals surface area contributed by atoms with Crippen LogP contribution in [-0.4, -0.2) is 84.1 Å². The number of carbonyl (C=O) groups is 2. The van der Waals surface area contributed by atoms with Crippen LogP contribution in [0.1, 0.15) is 52.9 Å². The molecular formula is C33H35Cl2N5O6. The molecule has 0 aliphatic carbocycles. The van der Waals surface area contributed by atoms with Gasteiger partial charge in [-0.25, -0.2) is 9.78 Å². The molecule has 2 aromatic heterocycles. The molecule has 0 unspecified atom stereocenters. The smallest absolute Gasteiger partial charge is 0.407 e. The Morgan fingerprint density at radius 2 is 1.80 bits per heavy atom. The van der Waals surface area contributed by atoms with Gasteiger partial charge in [0.2, 0.25) is 0 Å². The number of fused-ring (bicyclic) bond motifs is 1. The monoisotopic (exact) mass is 667 g/mol. The summed E-state index contributed by atoms with van der Waals surface area (Å²) in [5.41, 5.74) is 2.53.